The molecule has 2 aromatic rings. The molecule has 1 aliphatic heterocycles. The molecule has 25 heavy (non-hydrogen) atoms. The van der Waals surface area contributed by atoms with Crippen LogP contribution in [-0.2, 0) is 0 Å². The number of nitrogens with zero attached hydrogens (tertiary/aromatic N) is 1. The van der Waals surface area contributed by atoms with E-state index in [1.165, 1.54) is 35.6 Å². The monoisotopic (exact) mass is 355 g/mol. The molecule has 3 atom stereocenters. The molecule has 0 radical (unpaired) electrons. The minimum atomic E-state index is -0.117. The number of fused-ring (bicyclic) bond motifs is 3. The Bertz CT molecular complexity index is 815. The first kappa shape index (κ1) is 17.1. The molecule has 3 aliphatic rings. The van der Waals surface area contributed by atoms with Crippen LogP contribution in [0.25, 0.3) is 16.3 Å². The molecule has 0 spiro atoms. The van der Waals surface area contributed by atoms with Gasteiger partial charge in [0.1, 0.15) is 0 Å². The normalized spacial score (nSPS) is 28.8. The third-order valence-corrected chi connectivity index (χ3v) is 6.38. The van der Waals surface area contributed by atoms with Gasteiger partial charge in [0, 0.05) is 19.6 Å². The lowest BCUT2D eigenvalue weighted by Gasteiger charge is -2.25. The van der Waals surface area contributed by atoms with Crippen molar-refractivity contribution in [2.24, 2.45) is 11.8 Å². The second kappa shape index (κ2) is 6.75. The molecule has 2 bridgehead atoms. The van der Waals surface area contributed by atoms with Crippen molar-refractivity contribution in [3.05, 3.63) is 53.6 Å². The first-order valence-electron chi connectivity index (χ1n) is 9.40. The van der Waals surface area contributed by atoms with Gasteiger partial charge in [-0.3, -0.25) is 4.90 Å². The molecule has 2 aliphatic carbocycles. The van der Waals surface area contributed by atoms with Gasteiger partial charge in [-0.15, -0.1) is 12.4 Å². The standard InChI is InChI=1S/C22H25NO.ClH/c24-20-9-10-23(13-20)14-21-17-6-8-19(12-17)22(21)18-7-5-15-3-1-2-4-16(15)11-18;/h1-5,7,11,17,19-20,24H,6,8-10,12-14H2;1H. The molecular formula is C22H26ClNO. The van der Waals surface area contributed by atoms with Gasteiger partial charge in [0.2, 0.25) is 0 Å². The smallest absolute Gasteiger partial charge is 0.0679 e. The zero-order valence-electron chi connectivity index (χ0n) is 14.5. The zero-order chi connectivity index (χ0) is 16.1. The predicted molar refractivity (Wildman–Crippen MR) is 106 cm³/mol. The van der Waals surface area contributed by atoms with Crippen molar-refractivity contribution in [1.82, 2.24) is 4.90 Å². The summed E-state index contributed by atoms with van der Waals surface area (Å²) in [7, 11) is 0. The highest BCUT2D eigenvalue weighted by Crippen LogP contribution is 2.52. The lowest BCUT2D eigenvalue weighted by molar-refractivity contribution is 0.178. The Morgan fingerprint density at radius 3 is 2.56 bits per heavy atom. The molecule has 1 saturated carbocycles. The van der Waals surface area contributed by atoms with Crippen LogP contribution >= 0.6 is 12.4 Å². The predicted octanol–water partition coefficient (Wildman–Crippen LogP) is 4.51. The van der Waals surface area contributed by atoms with Crippen LogP contribution in [0.2, 0.25) is 0 Å². The maximum Gasteiger partial charge on any atom is 0.0679 e. The van der Waals surface area contributed by atoms with Gasteiger partial charge in [-0.05, 0) is 71.1 Å². The highest BCUT2D eigenvalue weighted by molar-refractivity contribution is 5.87. The summed E-state index contributed by atoms with van der Waals surface area (Å²) in [5, 5.41) is 12.5. The third-order valence-electron chi connectivity index (χ3n) is 6.38. The Labute approximate surface area is 155 Å². The van der Waals surface area contributed by atoms with E-state index in [1.54, 1.807) is 11.1 Å². The number of aliphatic hydroxyl groups excluding tert-OH is 1. The van der Waals surface area contributed by atoms with Crippen LogP contribution in [0.3, 0.4) is 0 Å². The number of halogens is 1. The summed E-state index contributed by atoms with van der Waals surface area (Å²) in [5.74, 6) is 1.55. The fourth-order valence-electron chi connectivity index (χ4n) is 5.23. The average molecular weight is 356 g/mol. The Hall–Kier alpha value is -1.35. The lowest BCUT2D eigenvalue weighted by Crippen LogP contribution is -2.26. The van der Waals surface area contributed by atoms with E-state index in [-0.39, 0.29) is 18.5 Å². The number of likely N-dealkylation sites (tertiary alicyclic amines) is 1. The van der Waals surface area contributed by atoms with Gasteiger partial charge in [-0.25, -0.2) is 0 Å². The molecule has 0 amide bonds. The molecule has 3 heteroatoms. The molecule has 5 rings (SSSR count). The van der Waals surface area contributed by atoms with Gasteiger partial charge >= 0.3 is 0 Å². The quantitative estimate of drug-likeness (QED) is 0.875. The maximum atomic E-state index is 9.85. The van der Waals surface area contributed by atoms with E-state index in [4.69, 9.17) is 0 Å². The fraction of sp³-hybridized carbons (Fsp3) is 0.455. The number of aliphatic hydroxyl groups is 1. The van der Waals surface area contributed by atoms with Gasteiger partial charge in [0.05, 0.1) is 6.10 Å². The number of benzene rings is 2. The van der Waals surface area contributed by atoms with Crippen LogP contribution in [0.4, 0.5) is 0 Å². The van der Waals surface area contributed by atoms with E-state index in [1.807, 2.05) is 0 Å². The van der Waals surface area contributed by atoms with Crippen molar-refractivity contribution in [3.8, 4) is 0 Å². The van der Waals surface area contributed by atoms with E-state index < -0.39 is 0 Å². The molecule has 1 N–H and O–H groups in total. The van der Waals surface area contributed by atoms with E-state index in [9.17, 15) is 5.11 Å². The topological polar surface area (TPSA) is 23.5 Å². The number of allylic oxidation sites excluding steroid dienone is 1. The summed E-state index contributed by atoms with van der Waals surface area (Å²) in [5.41, 5.74) is 4.75. The lowest BCUT2D eigenvalue weighted by atomic mass is 9.86. The average Bonchev–Trinajstić information content (AvgIpc) is 3.31. The second-order valence-corrected chi connectivity index (χ2v) is 7.89. The number of β-amino-alcohol motifs (C(OH)–C–C–N with tert-alkyl or cyclic N) is 1. The van der Waals surface area contributed by atoms with Crippen molar-refractivity contribution in [2.45, 2.75) is 31.8 Å². The minimum absolute atomic E-state index is 0. The molecule has 2 aromatic carbocycles. The summed E-state index contributed by atoms with van der Waals surface area (Å²) in [6.07, 6.45) is 4.90. The second-order valence-electron chi connectivity index (χ2n) is 7.89. The van der Waals surface area contributed by atoms with Crippen molar-refractivity contribution in [1.29, 1.82) is 0 Å². The van der Waals surface area contributed by atoms with Gasteiger partial charge in [0.15, 0.2) is 0 Å². The highest BCUT2D eigenvalue weighted by Gasteiger charge is 2.40. The van der Waals surface area contributed by atoms with Gasteiger partial charge in [0.25, 0.3) is 0 Å². The van der Waals surface area contributed by atoms with Gasteiger partial charge in [-0.1, -0.05) is 36.4 Å². The number of hydrogen-bond acceptors (Lipinski definition) is 2. The molecule has 1 heterocycles. The number of hydrogen-bond donors (Lipinski definition) is 1. The van der Waals surface area contributed by atoms with Crippen LogP contribution in [0, 0.1) is 11.8 Å². The van der Waals surface area contributed by atoms with E-state index in [0.29, 0.717) is 0 Å². The summed E-state index contributed by atoms with van der Waals surface area (Å²) in [4.78, 5) is 2.46. The maximum absolute atomic E-state index is 9.85. The molecular weight excluding hydrogens is 330 g/mol. The highest BCUT2D eigenvalue weighted by atomic mass is 35.5. The molecule has 0 aromatic heterocycles. The molecule has 2 nitrogen and oxygen atoms in total. The van der Waals surface area contributed by atoms with Crippen LogP contribution in [-0.4, -0.2) is 35.7 Å². The molecule has 3 unspecified atom stereocenters. The van der Waals surface area contributed by atoms with E-state index in [0.717, 1.165) is 37.9 Å². The first-order chi connectivity index (χ1) is 11.8. The van der Waals surface area contributed by atoms with Crippen LogP contribution < -0.4 is 0 Å². The summed E-state index contributed by atoms with van der Waals surface area (Å²) in [6, 6.07) is 15.7. The van der Waals surface area contributed by atoms with E-state index >= 15 is 0 Å². The Kier molecular flexibility index (Phi) is 4.61. The number of rotatable bonds is 3. The Morgan fingerprint density at radius 1 is 0.960 bits per heavy atom. The fourth-order valence-corrected chi connectivity index (χ4v) is 5.23. The van der Waals surface area contributed by atoms with Crippen molar-refractivity contribution in [3.63, 3.8) is 0 Å². The Morgan fingerprint density at radius 2 is 1.76 bits per heavy atom. The van der Waals surface area contributed by atoms with Crippen LogP contribution in [0.15, 0.2) is 48.0 Å². The first-order valence-corrected chi connectivity index (χ1v) is 9.40. The zero-order valence-corrected chi connectivity index (χ0v) is 15.3. The van der Waals surface area contributed by atoms with Crippen molar-refractivity contribution in [2.75, 3.05) is 19.6 Å². The minimum Gasteiger partial charge on any atom is -0.392 e. The summed E-state index contributed by atoms with van der Waals surface area (Å²) < 4.78 is 0. The third kappa shape index (κ3) is 3.01. The largest absolute Gasteiger partial charge is 0.392 e. The molecule has 1 saturated heterocycles. The van der Waals surface area contributed by atoms with Gasteiger partial charge in [-0.2, -0.15) is 0 Å². The molecule has 132 valence electrons. The van der Waals surface area contributed by atoms with Crippen molar-refractivity contribution < 1.29 is 5.11 Å². The Balaban J connectivity index is 0.00000157. The van der Waals surface area contributed by atoms with Gasteiger partial charge < -0.3 is 5.11 Å². The molecule has 2 fully saturated rings. The van der Waals surface area contributed by atoms with E-state index in [2.05, 4.69) is 47.4 Å². The van der Waals surface area contributed by atoms with Crippen LogP contribution in [0.5, 0.6) is 0 Å². The summed E-state index contributed by atoms with van der Waals surface area (Å²) in [6.45, 7) is 2.97. The summed E-state index contributed by atoms with van der Waals surface area (Å²) >= 11 is 0. The SMILES string of the molecule is Cl.OC1CCN(CC2=C(c3ccc4ccccc4c3)C3CCC2C3)C1. The van der Waals surface area contributed by atoms with Crippen LogP contribution in [0.1, 0.15) is 31.2 Å². The van der Waals surface area contributed by atoms with Crippen molar-refractivity contribution >= 4 is 28.8 Å².